The molecule has 2 aromatic carbocycles. The first-order chi connectivity index (χ1) is 17.5. The van der Waals surface area contributed by atoms with Gasteiger partial charge in [-0.15, -0.1) is 0 Å². The van der Waals surface area contributed by atoms with Crippen LogP contribution in [0.25, 0.3) is 0 Å². The van der Waals surface area contributed by atoms with Gasteiger partial charge in [-0.3, -0.25) is 14.4 Å². The Balaban J connectivity index is 1.35. The minimum Gasteiger partial charge on any atom is -0.497 e. The minimum atomic E-state index is -0.441. The molecule has 1 aromatic heterocycles. The summed E-state index contributed by atoms with van der Waals surface area (Å²) in [6.07, 6.45) is 3.99. The monoisotopic (exact) mass is 489 g/mol. The minimum absolute atomic E-state index is 0.0190. The molecular formula is C26H27N5O5. The third-order valence-electron chi connectivity index (χ3n) is 5.93. The number of hydrogen-bond acceptors (Lipinski definition) is 7. The Bertz CT molecular complexity index is 1240. The molecule has 1 aliphatic heterocycles. The van der Waals surface area contributed by atoms with Crippen molar-refractivity contribution in [1.82, 2.24) is 20.2 Å². The fourth-order valence-electron chi connectivity index (χ4n) is 3.94. The fourth-order valence-corrected chi connectivity index (χ4v) is 3.94. The predicted molar refractivity (Wildman–Crippen MR) is 132 cm³/mol. The third-order valence-corrected chi connectivity index (χ3v) is 5.93. The van der Waals surface area contributed by atoms with Crippen LogP contribution in [0.4, 0.5) is 5.82 Å². The molecule has 3 aromatic rings. The summed E-state index contributed by atoms with van der Waals surface area (Å²) < 4.78 is 10.3. The van der Waals surface area contributed by atoms with Gasteiger partial charge in [-0.1, -0.05) is 6.07 Å². The number of nitrogens with one attached hydrogen (secondary N) is 2. The van der Waals surface area contributed by atoms with E-state index >= 15 is 0 Å². The van der Waals surface area contributed by atoms with Crippen LogP contribution in [-0.2, 0) is 0 Å². The standard InChI is InChI=1S/C26H27N5O5/c1-35-20-8-6-17(7-9-20)26(34)31-14-10-19(11-15-31)29-25(33)22-23(28-13-12-27-22)30-24(32)18-4-3-5-21(16-18)36-2/h3-9,12-13,16,19H,10-11,14-15H2,1-2H3,(H,29,33)(H,28,30,32). The van der Waals surface area contributed by atoms with Gasteiger partial charge in [0.25, 0.3) is 17.7 Å². The normalized spacial score (nSPS) is 13.6. The van der Waals surface area contributed by atoms with Crippen LogP contribution in [0.5, 0.6) is 11.5 Å². The number of carbonyl (C=O) groups is 3. The van der Waals surface area contributed by atoms with Crippen molar-refractivity contribution in [3.63, 3.8) is 0 Å². The number of methoxy groups -OCH3 is 2. The van der Waals surface area contributed by atoms with Gasteiger partial charge >= 0.3 is 0 Å². The highest BCUT2D eigenvalue weighted by Crippen LogP contribution is 2.19. The van der Waals surface area contributed by atoms with Gasteiger partial charge in [0.2, 0.25) is 0 Å². The second kappa shape index (κ2) is 11.3. The summed E-state index contributed by atoms with van der Waals surface area (Å²) in [6, 6.07) is 13.5. The Morgan fingerprint density at radius 3 is 2.25 bits per heavy atom. The van der Waals surface area contributed by atoms with Crippen LogP contribution in [0.3, 0.4) is 0 Å². The lowest BCUT2D eigenvalue weighted by Gasteiger charge is -2.32. The molecule has 2 N–H and O–H groups in total. The van der Waals surface area contributed by atoms with Crippen LogP contribution in [0.1, 0.15) is 44.0 Å². The molecule has 10 nitrogen and oxygen atoms in total. The van der Waals surface area contributed by atoms with Crippen molar-refractivity contribution in [2.45, 2.75) is 18.9 Å². The van der Waals surface area contributed by atoms with Crippen molar-refractivity contribution in [3.8, 4) is 11.5 Å². The highest BCUT2D eigenvalue weighted by Gasteiger charge is 2.26. The lowest BCUT2D eigenvalue weighted by molar-refractivity contribution is 0.0697. The average Bonchev–Trinajstić information content (AvgIpc) is 2.93. The van der Waals surface area contributed by atoms with E-state index < -0.39 is 11.8 Å². The van der Waals surface area contributed by atoms with Crippen molar-refractivity contribution in [2.75, 3.05) is 32.6 Å². The molecule has 0 aliphatic carbocycles. The summed E-state index contributed by atoms with van der Waals surface area (Å²) in [5, 5.41) is 5.61. The zero-order chi connectivity index (χ0) is 25.5. The van der Waals surface area contributed by atoms with Crippen molar-refractivity contribution in [1.29, 1.82) is 0 Å². The Hall–Kier alpha value is -4.47. The number of benzene rings is 2. The number of amides is 3. The molecule has 0 spiro atoms. The Kier molecular flexibility index (Phi) is 7.74. The van der Waals surface area contributed by atoms with E-state index in [4.69, 9.17) is 9.47 Å². The highest BCUT2D eigenvalue weighted by molar-refractivity contribution is 6.07. The van der Waals surface area contributed by atoms with E-state index in [1.165, 1.54) is 19.5 Å². The molecule has 4 rings (SSSR count). The van der Waals surface area contributed by atoms with E-state index in [0.29, 0.717) is 48.6 Å². The topological polar surface area (TPSA) is 123 Å². The average molecular weight is 490 g/mol. The number of nitrogens with zero attached hydrogens (tertiary/aromatic N) is 3. The lowest BCUT2D eigenvalue weighted by Crippen LogP contribution is -2.46. The Morgan fingerprint density at radius 1 is 0.861 bits per heavy atom. The molecule has 10 heteroatoms. The maximum Gasteiger partial charge on any atom is 0.273 e. The number of carbonyl (C=O) groups excluding carboxylic acids is 3. The van der Waals surface area contributed by atoms with Crippen molar-refractivity contribution in [2.24, 2.45) is 0 Å². The Morgan fingerprint density at radius 2 is 1.56 bits per heavy atom. The van der Waals surface area contributed by atoms with Crippen LogP contribution in [0.15, 0.2) is 60.9 Å². The molecule has 0 unspecified atom stereocenters. The second-order valence-corrected chi connectivity index (χ2v) is 8.21. The molecule has 0 radical (unpaired) electrons. The summed E-state index contributed by atoms with van der Waals surface area (Å²) in [5.74, 6) is 0.360. The third kappa shape index (κ3) is 5.77. The number of piperidine rings is 1. The van der Waals surface area contributed by atoms with Crippen molar-refractivity contribution in [3.05, 3.63) is 77.7 Å². The molecule has 3 amide bonds. The lowest BCUT2D eigenvalue weighted by atomic mass is 10.0. The van der Waals surface area contributed by atoms with Crippen LogP contribution in [-0.4, -0.2) is 65.9 Å². The van der Waals surface area contributed by atoms with Gasteiger partial charge in [0.15, 0.2) is 11.5 Å². The van der Waals surface area contributed by atoms with Crippen LogP contribution in [0, 0.1) is 0 Å². The molecular weight excluding hydrogens is 462 g/mol. The molecule has 1 saturated heterocycles. The van der Waals surface area contributed by atoms with Crippen molar-refractivity contribution >= 4 is 23.5 Å². The van der Waals surface area contributed by atoms with Crippen molar-refractivity contribution < 1.29 is 23.9 Å². The first-order valence-corrected chi connectivity index (χ1v) is 11.5. The van der Waals surface area contributed by atoms with Gasteiger partial charge in [-0.05, 0) is 55.3 Å². The van der Waals surface area contributed by atoms with E-state index in [1.54, 1.807) is 60.5 Å². The van der Waals surface area contributed by atoms with E-state index in [-0.39, 0.29) is 23.5 Å². The number of ether oxygens (including phenoxy) is 2. The molecule has 1 aliphatic rings. The summed E-state index contributed by atoms with van der Waals surface area (Å²) in [7, 11) is 3.09. The molecule has 186 valence electrons. The maximum atomic E-state index is 13.0. The van der Waals surface area contributed by atoms with Crippen LogP contribution < -0.4 is 20.1 Å². The number of rotatable bonds is 7. The molecule has 0 bridgehead atoms. The van der Waals surface area contributed by atoms with Gasteiger partial charge in [0, 0.05) is 42.7 Å². The molecule has 0 atom stereocenters. The zero-order valence-electron chi connectivity index (χ0n) is 20.1. The summed E-state index contributed by atoms with van der Waals surface area (Å²) >= 11 is 0. The van der Waals surface area contributed by atoms with Gasteiger partial charge in [-0.25, -0.2) is 9.97 Å². The summed E-state index contributed by atoms with van der Waals surface area (Å²) in [6.45, 7) is 1.02. The smallest absolute Gasteiger partial charge is 0.273 e. The first kappa shape index (κ1) is 24.6. The zero-order valence-corrected chi connectivity index (χ0v) is 20.1. The number of aromatic nitrogens is 2. The van der Waals surface area contributed by atoms with Gasteiger partial charge < -0.3 is 25.0 Å². The van der Waals surface area contributed by atoms with Gasteiger partial charge in [0.1, 0.15) is 11.5 Å². The van der Waals surface area contributed by atoms with E-state index in [2.05, 4.69) is 20.6 Å². The predicted octanol–water partition coefficient (Wildman–Crippen LogP) is 2.78. The SMILES string of the molecule is COc1ccc(C(=O)N2CCC(NC(=O)c3nccnc3NC(=O)c3cccc(OC)c3)CC2)cc1. The maximum absolute atomic E-state index is 13.0. The van der Waals surface area contributed by atoms with E-state index in [0.717, 1.165) is 0 Å². The molecule has 1 fully saturated rings. The Labute approximate surface area is 208 Å². The van der Waals surface area contributed by atoms with E-state index in [9.17, 15) is 14.4 Å². The molecule has 0 saturated carbocycles. The number of anilines is 1. The second-order valence-electron chi connectivity index (χ2n) is 8.21. The number of likely N-dealkylation sites (tertiary alicyclic amines) is 1. The van der Waals surface area contributed by atoms with E-state index in [1.807, 2.05) is 0 Å². The molecule has 36 heavy (non-hydrogen) atoms. The van der Waals surface area contributed by atoms with Crippen LogP contribution >= 0.6 is 0 Å². The van der Waals surface area contributed by atoms with Gasteiger partial charge in [0.05, 0.1) is 14.2 Å². The van der Waals surface area contributed by atoms with Crippen LogP contribution in [0.2, 0.25) is 0 Å². The summed E-state index contributed by atoms with van der Waals surface area (Å²) in [4.78, 5) is 48.5. The highest BCUT2D eigenvalue weighted by atomic mass is 16.5. The first-order valence-electron chi connectivity index (χ1n) is 11.5. The quantitative estimate of drug-likeness (QED) is 0.523. The largest absolute Gasteiger partial charge is 0.497 e. The van der Waals surface area contributed by atoms with Gasteiger partial charge in [-0.2, -0.15) is 0 Å². The number of hydrogen-bond donors (Lipinski definition) is 2. The fraction of sp³-hybridized carbons (Fsp3) is 0.269. The summed E-state index contributed by atoms with van der Waals surface area (Å²) in [5.41, 5.74) is 0.972. The molecule has 2 heterocycles.